The molecule has 3 nitrogen and oxygen atoms in total. The summed E-state index contributed by atoms with van der Waals surface area (Å²) in [5.41, 5.74) is 2.94. The highest BCUT2D eigenvalue weighted by atomic mass is 79.9. The van der Waals surface area contributed by atoms with Gasteiger partial charge in [-0.1, -0.05) is 25.1 Å². The van der Waals surface area contributed by atoms with Gasteiger partial charge in [-0.15, -0.1) is 0 Å². The van der Waals surface area contributed by atoms with Gasteiger partial charge in [-0.2, -0.15) is 0 Å². The molecular weight excluding hydrogens is 354 g/mol. The van der Waals surface area contributed by atoms with Crippen molar-refractivity contribution in [3.8, 4) is 5.75 Å². The number of ether oxygens (including phenoxy) is 1. The van der Waals surface area contributed by atoms with Crippen LogP contribution in [0.4, 0.5) is 5.69 Å². The van der Waals surface area contributed by atoms with Gasteiger partial charge in [-0.25, -0.2) is 0 Å². The number of nitrogens with one attached hydrogen (secondary N) is 1. The Hall–Kier alpha value is -2.07. The third-order valence-corrected chi connectivity index (χ3v) is 3.97. The predicted octanol–water partition coefficient (Wildman–Crippen LogP) is 5.06. The van der Waals surface area contributed by atoms with Gasteiger partial charge in [0.15, 0.2) is 0 Å². The van der Waals surface area contributed by atoms with Crippen molar-refractivity contribution in [2.75, 3.05) is 11.9 Å². The molecule has 0 atom stereocenters. The number of aryl methyl sites for hydroxylation is 1. The van der Waals surface area contributed by atoms with Gasteiger partial charge in [0, 0.05) is 10.5 Å². The molecule has 0 aliphatic carbocycles. The Kier molecular flexibility index (Phi) is 6.41. The summed E-state index contributed by atoms with van der Waals surface area (Å²) in [6, 6.07) is 13.6. The van der Waals surface area contributed by atoms with Crippen LogP contribution in [0.1, 0.15) is 25.0 Å². The number of hydrogen-bond acceptors (Lipinski definition) is 2. The fraction of sp³-hybridized carbons (Fsp3) is 0.211. The van der Waals surface area contributed by atoms with Gasteiger partial charge in [0.2, 0.25) is 5.91 Å². The fourth-order valence-corrected chi connectivity index (χ4v) is 2.59. The summed E-state index contributed by atoms with van der Waals surface area (Å²) >= 11 is 3.48. The molecule has 0 radical (unpaired) electrons. The van der Waals surface area contributed by atoms with Crippen molar-refractivity contribution in [1.82, 2.24) is 0 Å². The van der Waals surface area contributed by atoms with Crippen molar-refractivity contribution in [3.05, 3.63) is 64.1 Å². The molecule has 0 saturated carbocycles. The van der Waals surface area contributed by atoms with Crippen LogP contribution < -0.4 is 10.1 Å². The smallest absolute Gasteiger partial charge is 0.248 e. The van der Waals surface area contributed by atoms with Crippen molar-refractivity contribution in [2.24, 2.45) is 0 Å². The molecule has 0 spiro atoms. The first kappa shape index (κ1) is 17.3. The van der Waals surface area contributed by atoms with E-state index >= 15 is 0 Å². The van der Waals surface area contributed by atoms with Crippen LogP contribution >= 0.6 is 15.9 Å². The molecule has 0 fully saturated rings. The van der Waals surface area contributed by atoms with Gasteiger partial charge in [0.25, 0.3) is 0 Å². The molecule has 2 aromatic carbocycles. The fourth-order valence-electron chi connectivity index (χ4n) is 2.07. The van der Waals surface area contributed by atoms with Crippen LogP contribution in [0.15, 0.2) is 53.0 Å². The first-order valence-electron chi connectivity index (χ1n) is 7.62. The number of anilines is 1. The molecule has 2 aromatic rings. The summed E-state index contributed by atoms with van der Waals surface area (Å²) in [5.74, 6) is 0.665. The van der Waals surface area contributed by atoms with E-state index in [0.29, 0.717) is 6.61 Å². The van der Waals surface area contributed by atoms with E-state index in [-0.39, 0.29) is 5.91 Å². The van der Waals surface area contributed by atoms with E-state index in [4.69, 9.17) is 4.74 Å². The Morgan fingerprint density at radius 1 is 1.17 bits per heavy atom. The second kappa shape index (κ2) is 8.53. The Morgan fingerprint density at radius 2 is 1.91 bits per heavy atom. The first-order chi connectivity index (χ1) is 11.1. The van der Waals surface area contributed by atoms with E-state index in [9.17, 15) is 4.79 Å². The summed E-state index contributed by atoms with van der Waals surface area (Å²) in [5, 5.41) is 2.87. The van der Waals surface area contributed by atoms with E-state index in [2.05, 4.69) is 28.2 Å². The molecule has 0 saturated heterocycles. The largest absolute Gasteiger partial charge is 0.494 e. The summed E-state index contributed by atoms with van der Waals surface area (Å²) in [6.45, 7) is 4.69. The number of halogens is 1. The van der Waals surface area contributed by atoms with Crippen LogP contribution in [0.5, 0.6) is 5.75 Å². The molecule has 0 unspecified atom stereocenters. The minimum Gasteiger partial charge on any atom is -0.494 e. The maximum atomic E-state index is 12.0. The maximum Gasteiger partial charge on any atom is 0.248 e. The third-order valence-electron chi connectivity index (χ3n) is 3.32. The normalized spacial score (nSPS) is 10.7. The quantitative estimate of drug-likeness (QED) is 0.718. The van der Waals surface area contributed by atoms with E-state index in [0.717, 1.165) is 27.9 Å². The molecule has 4 heteroatoms. The molecule has 0 heterocycles. The minimum atomic E-state index is -0.163. The predicted molar refractivity (Wildman–Crippen MR) is 98.8 cm³/mol. The van der Waals surface area contributed by atoms with Gasteiger partial charge in [0.1, 0.15) is 5.75 Å². The second-order valence-corrected chi connectivity index (χ2v) is 5.85. The lowest BCUT2D eigenvalue weighted by molar-refractivity contribution is -0.111. The first-order valence-corrected chi connectivity index (χ1v) is 8.42. The number of carbonyl (C=O) groups is 1. The lowest BCUT2D eigenvalue weighted by Crippen LogP contribution is -2.08. The van der Waals surface area contributed by atoms with Crippen LogP contribution in [-0.2, 0) is 11.2 Å². The van der Waals surface area contributed by atoms with Crippen molar-refractivity contribution >= 4 is 33.6 Å². The summed E-state index contributed by atoms with van der Waals surface area (Å²) in [7, 11) is 0. The monoisotopic (exact) mass is 373 g/mol. The van der Waals surface area contributed by atoms with E-state index < -0.39 is 0 Å². The molecule has 23 heavy (non-hydrogen) atoms. The molecule has 0 aliphatic heterocycles. The zero-order valence-electron chi connectivity index (χ0n) is 13.3. The lowest BCUT2D eigenvalue weighted by Gasteiger charge is -2.07. The minimum absolute atomic E-state index is 0.163. The highest BCUT2D eigenvalue weighted by Gasteiger charge is 2.03. The van der Waals surface area contributed by atoms with Crippen LogP contribution in [-0.4, -0.2) is 12.5 Å². The summed E-state index contributed by atoms with van der Waals surface area (Å²) in [6.07, 6.45) is 4.26. The van der Waals surface area contributed by atoms with Crippen molar-refractivity contribution in [2.45, 2.75) is 20.3 Å². The second-order valence-electron chi connectivity index (χ2n) is 4.99. The van der Waals surface area contributed by atoms with E-state index in [1.807, 2.05) is 49.4 Å². The maximum absolute atomic E-state index is 12.0. The molecule has 120 valence electrons. The number of carbonyl (C=O) groups excluding carboxylic acids is 1. The van der Waals surface area contributed by atoms with Gasteiger partial charge in [0.05, 0.1) is 12.3 Å². The van der Waals surface area contributed by atoms with Gasteiger partial charge in [-0.3, -0.25) is 4.79 Å². The van der Waals surface area contributed by atoms with Crippen LogP contribution in [0.3, 0.4) is 0 Å². The number of amides is 1. The molecular formula is C19H20BrNO2. The summed E-state index contributed by atoms with van der Waals surface area (Å²) in [4.78, 5) is 12.0. The average molecular weight is 374 g/mol. The molecule has 1 amide bonds. The zero-order chi connectivity index (χ0) is 16.7. The molecule has 0 aromatic heterocycles. The highest BCUT2D eigenvalue weighted by Crippen LogP contribution is 2.24. The van der Waals surface area contributed by atoms with Gasteiger partial charge >= 0.3 is 0 Å². The molecule has 2 rings (SSSR count). The van der Waals surface area contributed by atoms with Crippen molar-refractivity contribution in [3.63, 3.8) is 0 Å². The standard InChI is InChI=1S/C19H20BrNO2/c1-3-14-7-11-18(17(20)13-14)21-19(22)12-8-15-5-9-16(10-6-15)23-4-2/h5-13H,3-4H2,1-2H3,(H,21,22)/b12-8+. The zero-order valence-corrected chi connectivity index (χ0v) is 14.9. The van der Waals surface area contributed by atoms with Crippen LogP contribution in [0.25, 0.3) is 6.08 Å². The molecule has 0 bridgehead atoms. The topological polar surface area (TPSA) is 38.3 Å². The molecule has 0 aliphatic rings. The van der Waals surface area contributed by atoms with Crippen molar-refractivity contribution < 1.29 is 9.53 Å². The Morgan fingerprint density at radius 3 is 2.52 bits per heavy atom. The van der Waals surface area contributed by atoms with Gasteiger partial charge in [-0.05, 0) is 70.7 Å². The molecule has 1 N–H and O–H groups in total. The SMILES string of the molecule is CCOc1ccc(/C=C/C(=O)Nc2ccc(CC)cc2Br)cc1. The number of hydrogen-bond donors (Lipinski definition) is 1. The number of benzene rings is 2. The van der Waals surface area contributed by atoms with Crippen LogP contribution in [0, 0.1) is 0 Å². The third kappa shape index (κ3) is 5.25. The van der Waals surface area contributed by atoms with Gasteiger partial charge < -0.3 is 10.1 Å². The Balaban J connectivity index is 1.98. The number of rotatable bonds is 6. The summed E-state index contributed by atoms with van der Waals surface area (Å²) < 4.78 is 6.28. The highest BCUT2D eigenvalue weighted by molar-refractivity contribution is 9.10. The van der Waals surface area contributed by atoms with Crippen LogP contribution in [0.2, 0.25) is 0 Å². The Bertz CT molecular complexity index is 693. The average Bonchev–Trinajstić information content (AvgIpc) is 2.56. The Labute approximate surface area is 145 Å². The lowest BCUT2D eigenvalue weighted by atomic mass is 10.1. The van der Waals surface area contributed by atoms with E-state index in [1.165, 1.54) is 11.6 Å². The van der Waals surface area contributed by atoms with E-state index in [1.54, 1.807) is 6.08 Å². The van der Waals surface area contributed by atoms with Crippen molar-refractivity contribution in [1.29, 1.82) is 0 Å².